The van der Waals surface area contributed by atoms with Gasteiger partial charge in [-0.3, -0.25) is 0 Å². The fourth-order valence-electron chi connectivity index (χ4n) is 0.978. The Hall–Kier alpha value is -0.120. The lowest BCUT2D eigenvalue weighted by Crippen LogP contribution is -2.40. The highest BCUT2D eigenvalue weighted by Crippen LogP contribution is 2.00. The molecule has 0 aromatic rings. The minimum Gasteiger partial charge on any atom is -0.389 e. The predicted molar refractivity (Wildman–Crippen MR) is 56.9 cm³/mol. The summed E-state index contributed by atoms with van der Waals surface area (Å²) in [5, 5.41) is 12.8. The van der Waals surface area contributed by atoms with Gasteiger partial charge in [-0.15, -0.1) is 0 Å². The van der Waals surface area contributed by atoms with Gasteiger partial charge in [0.1, 0.15) is 0 Å². The highest BCUT2D eigenvalue weighted by molar-refractivity contribution is 4.72. The van der Waals surface area contributed by atoms with Crippen LogP contribution >= 0.6 is 0 Å². The first-order valence-corrected chi connectivity index (χ1v) is 4.92. The monoisotopic (exact) mass is 188 g/mol. The minimum atomic E-state index is -0.605. The normalized spacial score (nSPS) is 15.0. The summed E-state index contributed by atoms with van der Waals surface area (Å²) in [5.41, 5.74) is -0.605. The Labute approximate surface area is 82.1 Å². The van der Waals surface area contributed by atoms with Crippen molar-refractivity contribution < 1.29 is 5.11 Å². The van der Waals surface area contributed by atoms with Gasteiger partial charge in [-0.1, -0.05) is 0 Å². The molecule has 0 aliphatic rings. The van der Waals surface area contributed by atoms with Gasteiger partial charge in [0.2, 0.25) is 0 Å². The Morgan fingerprint density at radius 1 is 1.38 bits per heavy atom. The largest absolute Gasteiger partial charge is 0.389 e. The molecule has 0 saturated heterocycles. The summed E-state index contributed by atoms with van der Waals surface area (Å²) >= 11 is 0. The van der Waals surface area contributed by atoms with Crippen LogP contribution in [-0.2, 0) is 0 Å². The second-order valence-electron chi connectivity index (χ2n) is 4.69. The van der Waals surface area contributed by atoms with Gasteiger partial charge in [-0.25, -0.2) is 0 Å². The van der Waals surface area contributed by atoms with Crippen molar-refractivity contribution in [2.75, 3.05) is 27.2 Å². The molecular formula is C10H24N2O. The average molecular weight is 188 g/mol. The van der Waals surface area contributed by atoms with Gasteiger partial charge in [-0.2, -0.15) is 0 Å². The molecule has 0 spiro atoms. The topological polar surface area (TPSA) is 35.5 Å². The van der Waals surface area contributed by atoms with Gasteiger partial charge in [-0.05, 0) is 47.8 Å². The Bertz CT molecular complexity index is 129. The molecule has 0 fully saturated rings. The first-order valence-electron chi connectivity index (χ1n) is 4.92. The van der Waals surface area contributed by atoms with E-state index in [1.807, 2.05) is 13.8 Å². The first kappa shape index (κ1) is 12.9. The summed E-state index contributed by atoms with van der Waals surface area (Å²) in [5.74, 6) is 0. The fourth-order valence-corrected chi connectivity index (χ4v) is 0.978. The van der Waals surface area contributed by atoms with Crippen molar-refractivity contribution >= 4 is 0 Å². The van der Waals surface area contributed by atoms with Crippen LogP contribution in [0.25, 0.3) is 0 Å². The second kappa shape index (κ2) is 5.58. The molecular weight excluding hydrogens is 164 g/mol. The second-order valence-corrected chi connectivity index (χ2v) is 4.69. The van der Waals surface area contributed by atoms with E-state index in [9.17, 15) is 5.11 Å². The number of nitrogens with zero attached hydrogens (tertiary/aromatic N) is 1. The third-order valence-corrected chi connectivity index (χ3v) is 1.89. The molecule has 0 aliphatic heterocycles. The third-order valence-electron chi connectivity index (χ3n) is 1.89. The maximum atomic E-state index is 9.47. The number of hydrogen-bond donors (Lipinski definition) is 2. The maximum Gasteiger partial charge on any atom is 0.0715 e. The summed E-state index contributed by atoms with van der Waals surface area (Å²) in [6, 6.07) is 0.467. The van der Waals surface area contributed by atoms with Crippen molar-refractivity contribution in [3.63, 3.8) is 0 Å². The molecule has 0 amide bonds. The van der Waals surface area contributed by atoms with E-state index in [0.29, 0.717) is 12.6 Å². The molecule has 3 nitrogen and oxygen atoms in total. The molecule has 1 unspecified atom stereocenters. The van der Waals surface area contributed by atoms with E-state index in [-0.39, 0.29) is 0 Å². The Balaban J connectivity index is 3.46. The maximum absolute atomic E-state index is 9.47. The molecule has 3 heteroatoms. The molecule has 0 aromatic heterocycles. The summed E-state index contributed by atoms with van der Waals surface area (Å²) < 4.78 is 0. The highest BCUT2D eigenvalue weighted by Gasteiger charge is 2.13. The summed E-state index contributed by atoms with van der Waals surface area (Å²) in [7, 11) is 4.14. The fraction of sp³-hybridized carbons (Fsp3) is 1.00. The molecule has 80 valence electrons. The summed E-state index contributed by atoms with van der Waals surface area (Å²) in [6.07, 6.45) is 1.11. The quantitative estimate of drug-likeness (QED) is 0.643. The molecule has 0 aromatic carbocycles. The van der Waals surface area contributed by atoms with E-state index in [1.165, 1.54) is 0 Å². The third kappa shape index (κ3) is 9.80. The summed E-state index contributed by atoms with van der Waals surface area (Å²) in [4.78, 5) is 2.17. The molecule has 0 saturated carbocycles. The van der Waals surface area contributed by atoms with E-state index in [1.54, 1.807) is 0 Å². The smallest absolute Gasteiger partial charge is 0.0715 e. The minimum absolute atomic E-state index is 0.467. The van der Waals surface area contributed by atoms with Gasteiger partial charge >= 0.3 is 0 Å². The van der Waals surface area contributed by atoms with Crippen LogP contribution in [0.5, 0.6) is 0 Å². The first-order chi connectivity index (χ1) is 5.81. The lowest BCUT2D eigenvalue weighted by atomic mass is 10.1. The van der Waals surface area contributed by atoms with Crippen LogP contribution in [0.3, 0.4) is 0 Å². The van der Waals surface area contributed by atoms with Crippen LogP contribution in [-0.4, -0.2) is 48.8 Å². The van der Waals surface area contributed by atoms with Crippen LogP contribution in [0.4, 0.5) is 0 Å². The van der Waals surface area contributed by atoms with Crippen LogP contribution in [0.2, 0.25) is 0 Å². The standard InChI is InChI=1S/C10H24N2O/c1-9(6-7-12(4)5)11-8-10(2,3)13/h9,11,13H,6-8H2,1-5H3. The molecule has 13 heavy (non-hydrogen) atoms. The number of aliphatic hydroxyl groups is 1. The SMILES string of the molecule is CC(CCN(C)C)NCC(C)(C)O. The van der Waals surface area contributed by atoms with Crippen LogP contribution in [0.15, 0.2) is 0 Å². The van der Waals surface area contributed by atoms with E-state index in [2.05, 4.69) is 31.2 Å². The Morgan fingerprint density at radius 2 is 1.92 bits per heavy atom. The molecule has 1 atom stereocenters. The van der Waals surface area contributed by atoms with Crippen molar-refractivity contribution in [1.82, 2.24) is 10.2 Å². The lowest BCUT2D eigenvalue weighted by Gasteiger charge is -2.22. The van der Waals surface area contributed by atoms with E-state index < -0.39 is 5.60 Å². The molecule has 2 N–H and O–H groups in total. The summed E-state index contributed by atoms with van der Waals surface area (Å²) in [6.45, 7) is 7.52. The van der Waals surface area contributed by atoms with Crippen LogP contribution in [0, 0.1) is 0 Å². The molecule has 0 radical (unpaired) electrons. The molecule has 0 bridgehead atoms. The van der Waals surface area contributed by atoms with Crippen molar-refractivity contribution in [3.8, 4) is 0 Å². The zero-order valence-corrected chi connectivity index (χ0v) is 9.59. The molecule has 0 rings (SSSR count). The van der Waals surface area contributed by atoms with Gasteiger partial charge in [0.25, 0.3) is 0 Å². The number of nitrogens with one attached hydrogen (secondary N) is 1. The van der Waals surface area contributed by atoms with Crippen LogP contribution in [0.1, 0.15) is 27.2 Å². The Morgan fingerprint density at radius 3 is 2.31 bits per heavy atom. The van der Waals surface area contributed by atoms with Gasteiger partial charge in [0.05, 0.1) is 5.60 Å². The van der Waals surface area contributed by atoms with Crippen molar-refractivity contribution in [2.45, 2.75) is 38.8 Å². The van der Waals surface area contributed by atoms with Crippen molar-refractivity contribution in [2.24, 2.45) is 0 Å². The molecule has 0 heterocycles. The van der Waals surface area contributed by atoms with Crippen molar-refractivity contribution in [1.29, 1.82) is 0 Å². The average Bonchev–Trinajstić information content (AvgIpc) is 1.95. The zero-order chi connectivity index (χ0) is 10.5. The highest BCUT2D eigenvalue weighted by atomic mass is 16.3. The predicted octanol–water partition coefficient (Wildman–Crippen LogP) is 0.687. The van der Waals surface area contributed by atoms with E-state index in [4.69, 9.17) is 0 Å². The number of hydrogen-bond acceptors (Lipinski definition) is 3. The molecule has 0 aliphatic carbocycles. The van der Waals surface area contributed by atoms with Gasteiger partial charge < -0.3 is 15.3 Å². The zero-order valence-electron chi connectivity index (χ0n) is 9.59. The lowest BCUT2D eigenvalue weighted by molar-refractivity contribution is 0.0764. The Kier molecular flexibility index (Phi) is 5.53. The van der Waals surface area contributed by atoms with Crippen LogP contribution < -0.4 is 5.32 Å². The van der Waals surface area contributed by atoms with Crippen molar-refractivity contribution in [3.05, 3.63) is 0 Å². The van der Waals surface area contributed by atoms with Gasteiger partial charge in [0, 0.05) is 12.6 Å². The van der Waals surface area contributed by atoms with E-state index >= 15 is 0 Å². The van der Waals surface area contributed by atoms with Gasteiger partial charge in [0.15, 0.2) is 0 Å². The van der Waals surface area contributed by atoms with E-state index in [0.717, 1.165) is 13.0 Å². The number of rotatable bonds is 6.